The molecular formula is C22H18F3NO3. The first-order valence-electron chi connectivity index (χ1n) is 9.22. The third-order valence-corrected chi connectivity index (χ3v) is 5.45. The molecule has 0 bridgehead atoms. The van der Waals surface area contributed by atoms with Gasteiger partial charge in [0.25, 0.3) is 0 Å². The van der Waals surface area contributed by atoms with E-state index in [1.54, 1.807) is 24.3 Å². The van der Waals surface area contributed by atoms with Crippen LogP contribution in [-0.2, 0) is 17.3 Å². The van der Waals surface area contributed by atoms with Crippen molar-refractivity contribution in [1.82, 2.24) is 4.98 Å². The third-order valence-electron chi connectivity index (χ3n) is 5.45. The van der Waals surface area contributed by atoms with E-state index in [9.17, 15) is 22.8 Å². The Kier molecular flexibility index (Phi) is 4.68. The van der Waals surface area contributed by atoms with Gasteiger partial charge >= 0.3 is 12.1 Å². The average Bonchev–Trinajstić information content (AvgIpc) is 3.10. The van der Waals surface area contributed by atoms with Gasteiger partial charge in [0, 0.05) is 34.5 Å². The number of alkyl halides is 3. The fourth-order valence-corrected chi connectivity index (χ4v) is 4.16. The van der Waals surface area contributed by atoms with Gasteiger partial charge in [0.1, 0.15) is 0 Å². The molecule has 4 nitrogen and oxygen atoms in total. The lowest BCUT2D eigenvalue weighted by molar-refractivity contribution is -0.138. The predicted molar refractivity (Wildman–Crippen MR) is 101 cm³/mol. The maximum Gasteiger partial charge on any atom is 0.416 e. The number of Topliss-reactive ketones (excluding diaryl/α,β-unsaturated/α-hetero) is 1. The molecule has 1 heterocycles. The summed E-state index contributed by atoms with van der Waals surface area (Å²) in [5.41, 5.74) is 1.38. The van der Waals surface area contributed by atoms with E-state index in [0.29, 0.717) is 28.6 Å². The molecule has 4 rings (SSSR count). The number of halogens is 3. The zero-order valence-corrected chi connectivity index (χ0v) is 15.6. The zero-order valence-electron chi connectivity index (χ0n) is 15.6. The summed E-state index contributed by atoms with van der Waals surface area (Å²) in [4.78, 5) is 28.1. The Morgan fingerprint density at radius 1 is 1.17 bits per heavy atom. The summed E-state index contributed by atoms with van der Waals surface area (Å²) < 4.78 is 45.0. The summed E-state index contributed by atoms with van der Waals surface area (Å²) in [5, 5.41) is 0.480. The van der Waals surface area contributed by atoms with E-state index in [4.69, 9.17) is 4.74 Å². The SMILES string of the molecule is COC(=O)c1cccc2[nH]c3c(c12)C(=O)CCC3Cc1ccccc1C(F)(F)F. The van der Waals surface area contributed by atoms with Crippen LogP contribution < -0.4 is 0 Å². The molecule has 0 amide bonds. The molecule has 0 radical (unpaired) electrons. The fourth-order valence-electron chi connectivity index (χ4n) is 4.16. The minimum Gasteiger partial charge on any atom is -0.465 e. The lowest BCUT2D eigenvalue weighted by Gasteiger charge is -2.23. The normalized spacial score (nSPS) is 16.7. The molecule has 1 aliphatic carbocycles. The van der Waals surface area contributed by atoms with Crippen molar-refractivity contribution in [3.8, 4) is 0 Å². The minimum atomic E-state index is -4.44. The summed E-state index contributed by atoms with van der Waals surface area (Å²) in [6.45, 7) is 0. The number of fused-ring (bicyclic) bond motifs is 3. The van der Waals surface area contributed by atoms with Crippen molar-refractivity contribution in [3.05, 3.63) is 70.4 Å². The number of hydrogen-bond donors (Lipinski definition) is 1. The highest BCUT2D eigenvalue weighted by atomic mass is 19.4. The number of carbonyl (C=O) groups is 2. The third kappa shape index (κ3) is 3.30. The number of carbonyl (C=O) groups excluding carboxylic acids is 2. The van der Waals surface area contributed by atoms with Crippen LogP contribution in [0.4, 0.5) is 13.2 Å². The Morgan fingerprint density at radius 3 is 2.66 bits per heavy atom. The molecule has 1 aliphatic rings. The number of rotatable bonds is 3. The first-order chi connectivity index (χ1) is 13.8. The van der Waals surface area contributed by atoms with E-state index >= 15 is 0 Å². The number of methoxy groups -OCH3 is 1. The van der Waals surface area contributed by atoms with Gasteiger partial charge in [0.15, 0.2) is 5.78 Å². The van der Waals surface area contributed by atoms with E-state index in [1.165, 1.54) is 19.2 Å². The van der Waals surface area contributed by atoms with Crippen molar-refractivity contribution in [2.24, 2.45) is 0 Å². The number of benzene rings is 2. The lowest BCUT2D eigenvalue weighted by Crippen LogP contribution is -2.19. The van der Waals surface area contributed by atoms with Gasteiger partial charge in [-0.2, -0.15) is 13.2 Å². The second kappa shape index (κ2) is 7.06. The van der Waals surface area contributed by atoms with Crippen LogP contribution >= 0.6 is 0 Å². The molecule has 1 aromatic heterocycles. The van der Waals surface area contributed by atoms with Crippen LogP contribution in [0.2, 0.25) is 0 Å². The Bertz CT molecular complexity index is 1110. The number of ketones is 1. The maximum atomic E-state index is 13.4. The van der Waals surface area contributed by atoms with Crippen LogP contribution in [0, 0.1) is 0 Å². The van der Waals surface area contributed by atoms with Crippen LogP contribution in [0.15, 0.2) is 42.5 Å². The first kappa shape index (κ1) is 19.2. The van der Waals surface area contributed by atoms with Gasteiger partial charge in [-0.15, -0.1) is 0 Å². The number of aromatic nitrogens is 1. The number of nitrogens with one attached hydrogen (secondary N) is 1. The van der Waals surface area contributed by atoms with Gasteiger partial charge in [-0.25, -0.2) is 4.79 Å². The molecule has 1 N–H and O–H groups in total. The minimum absolute atomic E-state index is 0.122. The first-order valence-corrected chi connectivity index (χ1v) is 9.22. The standard InChI is InChI=1S/C22H18F3NO3/c1-29-21(28)14-6-4-8-16-18(14)19-17(27)10-9-13(20(19)26-16)11-12-5-2-3-7-15(12)22(23,24)25/h2-8,13,26H,9-11H2,1H3. The van der Waals surface area contributed by atoms with E-state index in [-0.39, 0.29) is 35.7 Å². The smallest absolute Gasteiger partial charge is 0.416 e. The van der Waals surface area contributed by atoms with Gasteiger partial charge in [0.2, 0.25) is 0 Å². The number of H-pyrrole nitrogens is 1. The van der Waals surface area contributed by atoms with Crippen LogP contribution in [-0.4, -0.2) is 23.8 Å². The Labute approximate surface area is 164 Å². The van der Waals surface area contributed by atoms with Gasteiger partial charge in [-0.3, -0.25) is 4.79 Å². The molecule has 29 heavy (non-hydrogen) atoms. The molecule has 0 fully saturated rings. The molecule has 0 spiro atoms. The van der Waals surface area contributed by atoms with Gasteiger partial charge < -0.3 is 9.72 Å². The molecule has 0 saturated carbocycles. The highest BCUT2D eigenvalue weighted by Gasteiger charge is 2.36. The monoisotopic (exact) mass is 401 g/mol. The molecule has 2 aromatic carbocycles. The molecule has 150 valence electrons. The molecule has 3 aromatic rings. The second-order valence-electron chi connectivity index (χ2n) is 7.15. The van der Waals surface area contributed by atoms with Crippen molar-refractivity contribution in [1.29, 1.82) is 0 Å². The van der Waals surface area contributed by atoms with E-state index in [1.807, 2.05) is 0 Å². The van der Waals surface area contributed by atoms with Crippen LogP contribution in [0.5, 0.6) is 0 Å². The zero-order chi connectivity index (χ0) is 20.8. The quantitative estimate of drug-likeness (QED) is 0.608. The van der Waals surface area contributed by atoms with Gasteiger partial charge in [0.05, 0.1) is 18.2 Å². The molecule has 1 atom stereocenters. The number of ether oxygens (including phenoxy) is 1. The summed E-state index contributed by atoms with van der Waals surface area (Å²) in [6, 6.07) is 10.5. The molecule has 1 unspecified atom stereocenters. The summed E-state index contributed by atoms with van der Waals surface area (Å²) in [6.07, 6.45) is -3.63. The molecular weight excluding hydrogens is 383 g/mol. The number of aromatic amines is 1. The van der Waals surface area contributed by atoms with Crippen LogP contribution in [0.3, 0.4) is 0 Å². The molecule has 0 aliphatic heterocycles. The van der Waals surface area contributed by atoms with Crippen molar-refractivity contribution in [3.63, 3.8) is 0 Å². The van der Waals surface area contributed by atoms with E-state index in [2.05, 4.69) is 4.98 Å². The largest absolute Gasteiger partial charge is 0.465 e. The summed E-state index contributed by atoms with van der Waals surface area (Å²) >= 11 is 0. The van der Waals surface area contributed by atoms with Crippen molar-refractivity contribution in [2.75, 3.05) is 7.11 Å². The van der Waals surface area contributed by atoms with E-state index < -0.39 is 17.7 Å². The Hall–Kier alpha value is -3.09. The Balaban J connectivity index is 1.83. The van der Waals surface area contributed by atoms with Crippen molar-refractivity contribution in [2.45, 2.75) is 31.4 Å². The maximum absolute atomic E-state index is 13.4. The second-order valence-corrected chi connectivity index (χ2v) is 7.15. The van der Waals surface area contributed by atoms with Crippen molar-refractivity contribution < 1.29 is 27.5 Å². The van der Waals surface area contributed by atoms with Crippen LogP contribution in [0.25, 0.3) is 10.9 Å². The van der Waals surface area contributed by atoms with Crippen LogP contribution in [0.1, 0.15) is 56.3 Å². The average molecular weight is 401 g/mol. The highest BCUT2D eigenvalue weighted by Crippen LogP contribution is 2.41. The molecule has 0 saturated heterocycles. The predicted octanol–water partition coefficient (Wildman–Crippen LogP) is 5.28. The Morgan fingerprint density at radius 2 is 1.93 bits per heavy atom. The summed E-state index contributed by atoms with van der Waals surface area (Å²) in [7, 11) is 1.26. The number of hydrogen-bond acceptors (Lipinski definition) is 3. The highest BCUT2D eigenvalue weighted by molar-refractivity contribution is 6.16. The summed E-state index contributed by atoms with van der Waals surface area (Å²) in [5.74, 6) is -0.971. The van der Waals surface area contributed by atoms with Gasteiger partial charge in [-0.05, 0) is 36.6 Å². The topological polar surface area (TPSA) is 59.2 Å². The van der Waals surface area contributed by atoms with E-state index in [0.717, 1.165) is 6.07 Å². The molecule has 7 heteroatoms. The number of esters is 1. The van der Waals surface area contributed by atoms with Crippen molar-refractivity contribution >= 4 is 22.7 Å². The fraction of sp³-hybridized carbons (Fsp3) is 0.273. The van der Waals surface area contributed by atoms with Gasteiger partial charge in [-0.1, -0.05) is 24.3 Å². The lowest BCUT2D eigenvalue weighted by atomic mass is 9.81.